The van der Waals surface area contributed by atoms with E-state index < -0.39 is 0 Å². The molecule has 1 aliphatic carbocycles. The highest BCUT2D eigenvalue weighted by atomic mass is 35.5. The lowest BCUT2D eigenvalue weighted by Crippen LogP contribution is -2.44. The first-order valence-corrected chi connectivity index (χ1v) is 6.73. The van der Waals surface area contributed by atoms with Gasteiger partial charge in [0.1, 0.15) is 5.82 Å². The van der Waals surface area contributed by atoms with Crippen molar-refractivity contribution in [1.82, 2.24) is 5.32 Å². The number of hydrogen-bond acceptors (Lipinski definition) is 1. The molecule has 1 spiro atoms. The summed E-state index contributed by atoms with van der Waals surface area (Å²) in [5.74, 6) is 0.176. The number of hydrogen-bond donors (Lipinski definition) is 1. The Balaban J connectivity index is 0.00000120. The Labute approximate surface area is 119 Å². The van der Waals surface area contributed by atoms with E-state index in [4.69, 9.17) is 11.6 Å². The van der Waals surface area contributed by atoms with Gasteiger partial charge < -0.3 is 5.32 Å². The lowest BCUT2D eigenvalue weighted by Gasteiger charge is -2.50. The molecule has 1 saturated carbocycles. The largest absolute Gasteiger partial charge is 0.317 e. The predicted molar refractivity (Wildman–Crippen MR) is 75.2 cm³/mol. The molecule has 0 aromatic heterocycles. The van der Waals surface area contributed by atoms with Crippen molar-refractivity contribution in [1.29, 1.82) is 0 Å². The van der Waals surface area contributed by atoms with Gasteiger partial charge >= 0.3 is 0 Å². The monoisotopic (exact) mass is 289 g/mol. The minimum Gasteiger partial charge on any atom is -0.317 e. The lowest BCUT2D eigenvalue weighted by atomic mass is 9.56. The zero-order chi connectivity index (χ0) is 11.9. The van der Waals surface area contributed by atoms with Crippen molar-refractivity contribution in [2.45, 2.75) is 31.6 Å². The van der Waals surface area contributed by atoms with Gasteiger partial charge in [-0.15, -0.1) is 12.4 Å². The third kappa shape index (κ3) is 2.38. The van der Waals surface area contributed by atoms with Crippen LogP contribution in [-0.2, 0) is 0 Å². The Morgan fingerprint density at radius 1 is 1.22 bits per heavy atom. The van der Waals surface area contributed by atoms with Gasteiger partial charge in [-0.3, -0.25) is 0 Å². The fourth-order valence-corrected chi connectivity index (χ4v) is 3.59. The highest BCUT2D eigenvalue weighted by Crippen LogP contribution is 2.56. The molecule has 0 unspecified atom stereocenters. The highest BCUT2D eigenvalue weighted by Gasteiger charge is 2.45. The molecule has 0 amide bonds. The van der Waals surface area contributed by atoms with Gasteiger partial charge in [0.05, 0.1) is 5.02 Å². The second kappa shape index (κ2) is 5.36. The SMILES string of the molecule is Cl.Fc1c(Cl)cccc1C1CC2(CCNCC2)C1. The first-order chi connectivity index (χ1) is 8.20. The Morgan fingerprint density at radius 2 is 1.89 bits per heavy atom. The summed E-state index contributed by atoms with van der Waals surface area (Å²) >= 11 is 5.83. The maximum Gasteiger partial charge on any atom is 0.145 e. The third-order valence-electron chi connectivity index (χ3n) is 4.44. The van der Waals surface area contributed by atoms with Crippen molar-refractivity contribution in [3.05, 3.63) is 34.6 Å². The highest BCUT2D eigenvalue weighted by molar-refractivity contribution is 6.30. The number of benzene rings is 1. The molecule has 1 heterocycles. The molecule has 1 saturated heterocycles. The van der Waals surface area contributed by atoms with E-state index >= 15 is 0 Å². The first kappa shape index (κ1) is 14.1. The van der Waals surface area contributed by atoms with Crippen LogP contribution in [-0.4, -0.2) is 13.1 Å². The normalized spacial score (nSPS) is 22.3. The van der Waals surface area contributed by atoms with E-state index in [0.717, 1.165) is 31.5 Å². The van der Waals surface area contributed by atoms with E-state index in [-0.39, 0.29) is 23.2 Å². The molecule has 0 radical (unpaired) electrons. The molecule has 2 fully saturated rings. The van der Waals surface area contributed by atoms with Crippen molar-refractivity contribution < 1.29 is 4.39 Å². The molecule has 1 aromatic carbocycles. The topological polar surface area (TPSA) is 12.0 Å². The van der Waals surface area contributed by atoms with Gasteiger partial charge in [-0.1, -0.05) is 23.7 Å². The number of piperidine rings is 1. The summed E-state index contributed by atoms with van der Waals surface area (Å²) in [4.78, 5) is 0. The first-order valence-electron chi connectivity index (χ1n) is 6.35. The van der Waals surface area contributed by atoms with Crippen molar-refractivity contribution in [2.75, 3.05) is 13.1 Å². The number of halogens is 3. The van der Waals surface area contributed by atoms with Crippen LogP contribution in [0.3, 0.4) is 0 Å². The predicted octanol–water partition coefficient (Wildman–Crippen LogP) is 4.15. The third-order valence-corrected chi connectivity index (χ3v) is 4.74. The Morgan fingerprint density at radius 3 is 2.56 bits per heavy atom. The average Bonchev–Trinajstić information content (AvgIpc) is 2.31. The van der Waals surface area contributed by atoms with Gasteiger partial charge in [0.25, 0.3) is 0 Å². The van der Waals surface area contributed by atoms with Gasteiger partial charge in [0, 0.05) is 0 Å². The minimum atomic E-state index is -0.206. The van der Waals surface area contributed by atoms with Crippen LogP contribution in [0.15, 0.2) is 18.2 Å². The number of rotatable bonds is 1. The number of nitrogens with one attached hydrogen (secondary N) is 1. The zero-order valence-corrected chi connectivity index (χ0v) is 11.8. The second-order valence-electron chi connectivity index (χ2n) is 5.50. The van der Waals surface area contributed by atoms with Crippen molar-refractivity contribution in [2.24, 2.45) is 5.41 Å². The molecular weight excluding hydrogens is 272 g/mol. The molecule has 0 atom stereocenters. The van der Waals surface area contributed by atoms with Gasteiger partial charge in [0.2, 0.25) is 0 Å². The fraction of sp³-hybridized carbons (Fsp3) is 0.571. The van der Waals surface area contributed by atoms with Gasteiger partial charge in [-0.05, 0) is 61.7 Å². The molecule has 100 valence electrons. The summed E-state index contributed by atoms with van der Waals surface area (Å²) in [6.45, 7) is 2.23. The van der Waals surface area contributed by atoms with E-state index in [1.54, 1.807) is 6.07 Å². The quantitative estimate of drug-likeness (QED) is 0.819. The Hall–Kier alpha value is -0.310. The van der Waals surface area contributed by atoms with Gasteiger partial charge in [0.15, 0.2) is 0 Å². The summed E-state index contributed by atoms with van der Waals surface area (Å²) in [5, 5.41) is 3.65. The van der Waals surface area contributed by atoms with E-state index in [1.807, 2.05) is 12.1 Å². The van der Waals surface area contributed by atoms with Crippen LogP contribution in [0, 0.1) is 11.2 Å². The summed E-state index contributed by atoms with van der Waals surface area (Å²) in [6.07, 6.45) is 4.75. The maximum absolute atomic E-state index is 13.9. The molecule has 0 bridgehead atoms. The van der Waals surface area contributed by atoms with Crippen LogP contribution in [0.4, 0.5) is 4.39 Å². The smallest absolute Gasteiger partial charge is 0.145 e. The van der Waals surface area contributed by atoms with E-state index in [0.29, 0.717) is 11.3 Å². The van der Waals surface area contributed by atoms with Crippen LogP contribution in [0.25, 0.3) is 0 Å². The molecule has 18 heavy (non-hydrogen) atoms. The molecule has 4 heteroatoms. The van der Waals surface area contributed by atoms with Crippen molar-refractivity contribution in [3.8, 4) is 0 Å². The van der Waals surface area contributed by atoms with Gasteiger partial charge in [-0.25, -0.2) is 4.39 Å². The fourth-order valence-electron chi connectivity index (χ4n) is 3.41. The van der Waals surface area contributed by atoms with Crippen LogP contribution in [0.1, 0.15) is 37.2 Å². The van der Waals surface area contributed by atoms with Crippen molar-refractivity contribution >= 4 is 24.0 Å². The maximum atomic E-state index is 13.9. The van der Waals surface area contributed by atoms with Crippen LogP contribution in [0.2, 0.25) is 5.02 Å². The summed E-state index contributed by atoms with van der Waals surface area (Å²) in [6, 6.07) is 5.37. The molecule has 1 aliphatic heterocycles. The molecule has 2 aliphatic rings. The van der Waals surface area contributed by atoms with Crippen LogP contribution in [0.5, 0.6) is 0 Å². The zero-order valence-electron chi connectivity index (χ0n) is 10.2. The molecule has 1 nitrogen and oxygen atoms in total. The van der Waals surface area contributed by atoms with Crippen LogP contribution < -0.4 is 5.32 Å². The van der Waals surface area contributed by atoms with E-state index in [1.165, 1.54) is 12.8 Å². The molecule has 1 aromatic rings. The Kier molecular flexibility index (Phi) is 4.20. The average molecular weight is 290 g/mol. The Bertz CT molecular complexity index is 422. The molecule has 1 N–H and O–H groups in total. The van der Waals surface area contributed by atoms with E-state index in [2.05, 4.69) is 5.32 Å². The van der Waals surface area contributed by atoms with Crippen LogP contribution >= 0.6 is 24.0 Å². The molecular formula is C14H18Cl2FN. The van der Waals surface area contributed by atoms with Crippen molar-refractivity contribution in [3.63, 3.8) is 0 Å². The summed E-state index contributed by atoms with van der Waals surface area (Å²) in [5.41, 5.74) is 1.31. The minimum absolute atomic E-state index is 0. The lowest BCUT2D eigenvalue weighted by molar-refractivity contribution is 0.0589. The summed E-state index contributed by atoms with van der Waals surface area (Å²) < 4.78 is 13.9. The van der Waals surface area contributed by atoms with Gasteiger partial charge in [-0.2, -0.15) is 0 Å². The summed E-state index contributed by atoms with van der Waals surface area (Å²) in [7, 11) is 0. The standard InChI is InChI=1S/C14H17ClFN.ClH/c15-12-3-1-2-11(13(12)16)10-8-14(9-10)4-6-17-7-5-14;/h1-3,10,17H,4-9H2;1H. The molecule has 3 rings (SSSR count). The van der Waals surface area contributed by atoms with E-state index in [9.17, 15) is 4.39 Å². The second-order valence-corrected chi connectivity index (χ2v) is 5.91.